The van der Waals surface area contributed by atoms with Crippen molar-refractivity contribution in [3.8, 4) is 0 Å². The number of aliphatic hydroxyl groups is 1. The molecule has 1 heterocycles. The van der Waals surface area contributed by atoms with Gasteiger partial charge in [-0.2, -0.15) is 0 Å². The summed E-state index contributed by atoms with van der Waals surface area (Å²) < 4.78 is 0. The van der Waals surface area contributed by atoms with Crippen LogP contribution in [0.4, 0.5) is 0 Å². The van der Waals surface area contributed by atoms with E-state index in [4.69, 9.17) is 5.11 Å². The van der Waals surface area contributed by atoms with Crippen molar-refractivity contribution in [1.82, 2.24) is 10.3 Å². The predicted octanol–water partition coefficient (Wildman–Crippen LogP) is 2.28. The lowest BCUT2D eigenvalue weighted by Gasteiger charge is -2.15. The number of hydrogen-bond donors (Lipinski definition) is 2. The van der Waals surface area contributed by atoms with Gasteiger partial charge in [-0.3, -0.25) is 4.98 Å². The summed E-state index contributed by atoms with van der Waals surface area (Å²) in [5.74, 6) is 0.579. The van der Waals surface area contributed by atoms with Crippen LogP contribution in [0, 0.1) is 12.8 Å². The Morgan fingerprint density at radius 2 is 2.18 bits per heavy atom. The van der Waals surface area contributed by atoms with Gasteiger partial charge in [-0.05, 0) is 44.4 Å². The molecule has 0 fully saturated rings. The molecule has 0 aliphatic heterocycles. The van der Waals surface area contributed by atoms with Crippen LogP contribution in [-0.4, -0.2) is 23.2 Å². The summed E-state index contributed by atoms with van der Waals surface area (Å²) in [4.78, 5) is 4.45. The smallest absolute Gasteiger partial charge is 0.0544 e. The highest BCUT2D eigenvalue weighted by Gasteiger charge is 2.06. The Kier molecular flexibility index (Phi) is 6.82. The van der Waals surface area contributed by atoms with E-state index in [0.717, 1.165) is 30.9 Å². The van der Waals surface area contributed by atoms with E-state index in [0.29, 0.717) is 5.92 Å². The zero-order valence-corrected chi connectivity index (χ0v) is 10.9. The Bertz CT molecular complexity index is 309. The molecule has 3 heteroatoms. The first-order valence-corrected chi connectivity index (χ1v) is 6.50. The summed E-state index contributed by atoms with van der Waals surface area (Å²) in [5, 5.41) is 12.4. The maximum atomic E-state index is 8.98. The van der Waals surface area contributed by atoms with Gasteiger partial charge in [-0.25, -0.2) is 0 Å². The average Bonchev–Trinajstić information content (AvgIpc) is 2.30. The SMILES string of the molecule is CCCC(CCO)CNCc1cccc(C)n1. The van der Waals surface area contributed by atoms with Crippen molar-refractivity contribution < 1.29 is 5.11 Å². The minimum Gasteiger partial charge on any atom is -0.396 e. The lowest BCUT2D eigenvalue weighted by Crippen LogP contribution is -2.23. The molecule has 1 atom stereocenters. The third-order valence-corrected chi connectivity index (χ3v) is 2.92. The second-order valence-electron chi connectivity index (χ2n) is 4.57. The number of nitrogens with zero attached hydrogens (tertiary/aromatic N) is 1. The van der Waals surface area contributed by atoms with Gasteiger partial charge in [0.1, 0.15) is 0 Å². The molecular formula is C14H24N2O. The molecule has 0 aliphatic rings. The van der Waals surface area contributed by atoms with E-state index < -0.39 is 0 Å². The van der Waals surface area contributed by atoms with E-state index in [1.54, 1.807) is 0 Å². The van der Waals surface area contributed by atoms with Crippen LogP contribution in [0.1, 0.15) is 37.6 Å². The van der Waals surface area contributed by atoms with Crippen LogP contribution in [0.25, 0.3) is 0 Å². The summed E-state index contributed by atoms with van der Waals surface area (Å²) >= 11 is 0. The first kappa shape index (κ1) is 14.1. The van der Waals surface area contributed by atoms with Crippen LogP contribution in [0.5, 0.6) is 0 Å². The highest BCUT2D eigenvalue weighted by molar-refractivity contribution is 5.09. The number of aryl methyl sites for hydroxylation is 1. The molecule has 0 radical (unpaired) electrons. The van der Waals surface area contributed by atoms with Gasteiger partial charge in [0.25, 0.3) is 0 Å². The van der Waals surface area contributed by atoms with E-state index >= 15 is 0 Å². The number of hydrogen-bond acceptors (Lipinski definition) is 3. The zero-order valence-electron chi connectivity index (χ0n) is 10.9. The van der Waals surface area contributed by atoms with Crippen LogP contribution in [-0.2, 0) is 6.54 Å². The molecule has 2 N–H and O–H groups in total. The fourth-order valence-electron chi connectivity index (χ4n) is 2.04. The Balaban J connectivity index is 2.30. The Morgan fingerprint density at radius 3 is 2.82 bits per heavy atom. The van der Waals surface area contributed by atoms with Gasteiger partial charge in [0.2, 0.25) is 0 Å². The van der Waals surface area contributed by atoms with Crippen molar-refractivity contribution in [3.63, 3.8) is 0 Å². The van der Waals surface area contributed by atoms with E-state index in [2.05, 4.69) is 17.2 Å². The van der Waals surface area contributed by atoms with E-state index in [9.17, 15) is 0 Å². The Labute approximate surface area is 104 Å². The third kappa shape index (κ3) is 5.80. The first-order valence-electron chi connectivity index (χ1n) is 6.50. The molecule has 1 aromatic rings. The summed E-state index contributed by atoms with van der Waals surface area (Å²) in [6.07, 6.45) is 3.24. The lowest BCUT2D eigenvalue weighted by atomic mass is 10.0. The maximum Gasteiger partial charge on any atom is 0.0544 e. The van der Waals surface area contributed by atoms with Crippen molar-refractivity contribution in [3.05, 3.63) is 29.6 Å². The van der Waals surface area contributed by atoms with Crippen molar-refractivity contribution in [2.24, 2.45) is 5.92 Å². The summed E-state index contributed by atoms with van der Waals surface area (Å²) in [5.41, 5.74) is 2.15. The van der Waals surface area contributed by atoms with Gasteiger partial charge in [0.15, 0.2) is 0 Å². The number of aromatic nitrogens is 1. The predicted molar refractivity (Wildman–Crippen MR) is 70.8 cm³/mol. The molecule has 0 saturated carbocycles. The van der Waals surface area contributed by atoms with Gasteiger partial charge < -0.3 is 10.4 Å². The fourth-order valence-corrected chi connectivity index (χ4v) is 2.04. The second-order valence-corrected chi connectivity index (χ2v) is 4.57. The summed E-state index contributed by atoms with van der Waals surface area (Å²) in [7, 11) is 0. The molecule has 17 heavy (non-hydrogen) atoms. The first-order chi connectivity index (χ1) is 8.26. The molecule has 1 aromatic heterocycles. The fraction of sp³-hybridized carbons (Fsp3) is 0.643. The van der Waals surface area contributed by atoms with Crippen LogP contribution in [0.15, 0.2) is 18.2 Å². The van der Waals surface area contributed by atoms with Crippen molar-refractivity contribution >= 4 is 0 Å². The van der Waals surface area contributed by atoms with Gasteiger partial charge >= 0.3 is 0 Å². The minimum atomic E-state index is 0.287. The average molecular weight is 236 g/mol. The minimum absolute atomic E-state index is 0.287. The molecule has 0 aliphatic carbocycles. The molecule has 0 bridgehead atoms. The van der Waals surface area contributed by atoms with Crippen molar-refractivity contribution in [2.45, 2.75) is 39.7 Å². The molecule has 3 nitrogen and oxygen atoms in total. The second kappa shape index (κ2) is 8.20. The third-order valence-electron chi connectivity index (χ3n) is 2.92. The molecule has 0 saturated heterocycles. The molecule has 0 spiro atoms. The largest absolute Gasteiger partial charge is 0.396 e. The monoisotopic (exact) mass is 236 g/mol. The standard InChI is InChI=1S/C14H24N2O/c1-3-5-13(8-9-17)10-15-11-14-7-4-6-12(2)16-14/h4,6-7,13,15,17H,3,5,8-11H2,1-2H3. The number of aliphatic hydroxyl groups excluding tert-OH is 1. The van der Waals surface area contributed by atoms with Gasteiger partial charge in [-0.1, -0.05) is 19.4 Å². The number of rotatable bonds is 8. The Hall–Kier alpha value is -0.930. The maximum absolute atomic E-state index is 8.98. The Morgan fingerprint density at radius 1 is 1.35 bits per heavy atom. The molecule has 0 amide bonds. The summed E-state index contributed by atoms with van der Waals surface area (Å²) in [6.45, 7) is 6.26. The highest BCUT2D eigenvalue weighted by atomic mass is 16.3. The van der Waals surface area contributed by atoms with Gasteiger partial charge in [0, 0.05) is 18.8 Å². The van der Waals surface area contributed by atoms with Gasteiger partial charge in [-0.15, -0.1) is 0 Å². The van der Waals surface area contributed by atoms with E-state index in [-0.39, 0.29) is 6.61 Å². The molecule has 1 unspecified atom stereocenters. The molecule has 0 aromatic carbocycles. The molecule has 1 rings (SSSR count). The van der Waals surface area contributed by atoms with Gasteiger partial charge in [0.05, 0.1) is 5.69 Å². The van der Waals surface area contributed by atoms with Crippen molar-refractivity contribution in [1.29, 1.82) is 0 Å². The van der Waals surface area contributed by atoms with Crippen LogP contribution < -0.4 is 5.32 Å². The van der Waals surface area contributed by atoms with Crippen LogP contribution in [0.3, 0.4) is 0 Å². The molecule has 96 valence electrons. The normalized spacial score (nSPS) is 12.6. The van der Waals surface area contributed by atoms with Crippen LogP contribution in [0.2, 0.25) is 0 Å². The highest BCUT2D eigenvalue weighted by Crippen LogP contribution is 2.09. The number of nitrogens with one attached hydrogen (secondary N) is 1. The zero-order chi connectivity index (χ0) is 12.5. The van der Waals surface area contributed by atoms with Crippen LogP contribution >= 0.6 is 0 Å². The summed E-state index contributed by atoms with van der Waals surface area (Å²) in [6, 6.07) is 6.09. The van der Waals surface area contributed by atoms with E-state index in [1.807, 2.05) is 25.1 Å². The quantitative estimate of drug-likeness (QED) is 0.728. The number of pyridine rings is 1. The van der Waals surface area contributed by atoms with Crippen molar-refractivity contribution in [2.75, 3.05) is 13.2 Å². The van der Waals surface area contributed by atoms with E-state index in [1.165, 1.54) is 12.8 Å². The molecular weight excluding hydrogens is 212 g/mol. The lowest BCUT2D eigenvalue weighted by molar-refractivity contribution is 0.248. The topological polar surface area (TPSA) is 45.1 Å².